The van der Waals surface area contributed by atoms with Crippen LogP contribution in [-0.4, -0.2) is 57.7 Å². The maximum atomic E-state index is 10.3. The molecule has 5 heteroatoms. The van der Waals surface area contributed by atoms with Gasteiger partial charge in [-0.3, -0.25) is 0 Å². The number of benzene rings is 2. The van der Waals surface area contributed by atoms with Crippen molar-refractivity contribution in [1.82, 2.24) is 0 Å². The molecule has 0 unspecified atom stereocenters. The molecule has 1 atom stereocenters. The second kappa shape index (κ2) is 8.92. The minimum atomic E-state index is -0.446. The van der Waals surface area contributed by atoms with Crippen molar-refractivity contribution in [1.29, 1.82) is 0 Å². The van der Waals surface area contributed by atoms with Crippen LogP contribution in [0.5, 0.6) is 11.5 Å². The number of anilines is 1. The van der Waals surface area contributed by atoms with Crippen molar-refractivity contribution in [3.8, 4) is 11.5 Å². The largest absolute Gasteiger partial charge is 0.497 e. The average molecular weight is 357 g/mol. The van der Waals surface area contributed by atoms with Crippen LogP contribution in [0.15, 0.2) is 48.5 Å². The van der Waals surface area contributed by atoms with Crippen molar-refractivity contribution in [3.63, 3.8) is 0 Å². The second-order valence-electron chi connectivity index (χ2n) is 6.92. The molecule has 2 aromatic rings. The van der Waals surface area contributed by atoms with Gasteiger partial charge in [0, 0.05) is 5.69 Å². The average Bonchev–Trinajstić information content (AvgIpc) is 2.67. The molecule has 0 amide bonds. The SMILES string of the molecule is COc1ccc(N2CC[NH+](C[C@H](O)COc3cccc(C)c3)CC2)cc1. The van der Waals surface area contributed by atoms with Crippen molar-refractivity contribution in [2.75, 3.05) is 51.3 Å². The number of hydrogen-bond acceptors (Lipinski definition) is 4. The molecule has 26 heavy (non-hydrogen) atoms. The van der Waals surface area contributed by atoms with Gasteiger partial charge in [0.15, 0.2) is 0 Å². The summed E-state index contributed by atoms with van der Waals surface area (Å²) in [5, 5.41) is 10.3. The summed E-state index contributed by atoms with van der Waals surface area (Å²) in [7, 11) is 1.69. The van der Waals surface area contributed by atoms with Gasteiger partial charge >= 0.3 is 0 Å². The zero-order chi connectivity index (χ0) is 18.4. The minimum Gasteiger partial charge on any atom is -0.497 e. The Bertz CT molecular complexity index is 682. The Morgan fingerprint density at radius 3 is 2.46 bits per heavy atom. The van der Waals surface area contributed by atoms with E-state index in [1.165, 1.54) is 10.6 Å². The van der Waals surface area contributed by atoms with Crippen LogP contribution in [0.25, 0.3) is 0 Å². The van der Waals surface area contributed by atoms with Gasteiger partial charge in [-0.15, -0.1) is 0 Å². The third-order valence-electron chi connectivity index (χ3n) is 4.86. The monoisotopic (exact) mass is 357 g/mol. The van der Waals surface area contributed by atoms with Gasteiger partial charge in [0.25, 0.3) is 0 Å². The van der Waals surface area contributed by atoms with Gasteiger partial charge in [-0.05, 0) is 48.9 Å². The predicted octanol–water partition coefficient (Wildman–Crippen LogP) is 1.15. The van der Waals surface area contributed by atoms with Crippen LogP contribution in [0.1, 0.15) is 5.56 Å². The number of hydrogen-bond donors (Lipinski definition) is 2. The number of aliphatic hydroxyl groups is 1. The van der Waals surface area contributed by atoms with Crippen LogP contribution in [0, 0.1) is 6.92 Å². The summed E-state index contributed by atoms with van der Waals surface area (Å²) in [5.74, 6) is 1.71. The fourth-order valence-corrected chi connectivity index (χ4v) is 3.37. The van der Waals surface area contributed by atoms with E-state index in [1.54, 1.807) is 7.11 Å². The van der Waals surface area contributed by atoms with E-state index in [0.29, 0.717) is 6.61 Å². The first kappa shape index (κ1) is 18.5. The van der Waals surface area contributed by atoms with E-state index < -0.39 is 6.10 Å². The quantitative estimate of drug-likeness (QED) is 0.780. The molecule has 0 spiro atoms. The number of methoxy groups -OCH3 is 1. The number of ether oxygens (including phenoxy) is 2. The summed E-state index contributed by atoms with van der Waals surface area (Å²) in [5.41, 5.74) is 2.39. The van der Waals surface area contributed by atoms with Gasteiger partial charge in [-0.1, -0.05) is 12.1 Å². The zero-order valence-corrected chi connectivity index (χ0v) is 15.6. The van der Waals surface area contributed by atoms with Crippen LogP contribution in [0.4, 0.5) is 5.69 Å². The molecule has 0 bridgehead atoms. The molecule has 0 radical (unpaired) electrons. The first-order valence-electron chi connectivity index (χ1n) is 9.24. The lowest BCUT2D eigenvalue weighted by Crippen LogP contribution is -3.16. The van der Waals surface area contributed by atoms with E-state index in [9.17, 15) is 5.11 Å². The van der Waals surface area contributed by atoms with E-state index in [1.807, 2.05) is 43.3 Å². The van der Waals surface area contributed by atoms with E-state index in [4.69, 9.17) is 9.47 Å². The molecule has 1 fully saturated rings. The van der Waals surface area contributed by atoms with Crippen LogP contribution in [0.3, 0.4) is 0 Å². The smallest absolute Gasteiger partial charge is 0.137 e. The molecule has 2 N–H and O–H groups in total. The molecule has 5 nitrogen and oxygen atoms in total. The van der Waals surface area contributed by atoms with Crippen molar-refractivity contribution in [2.45, 2.75) is 13.0 Å². The van der Waals surface area contributed by atoms with Gasteiger partial charge in [-0.2, -0.15) is 0 Å². The molecule has 0 aromatic heterocycles. The molecule has 1 heterocycles. The van der Waals surface area contributed by atoms with Gasteiger partial charge in [0.05, 0.1) is 33.3 Å². The number of rotatable bonds is 7. The summed E-state index contributed by atoms with van der Waals surface area (Å²) < 4.78 is 10.9. The highest BCUT2D eigenvalue weighted by Gasteiger charge is 2.22. The number of aliphatic hydroxyl groups excluding tert-OH is 1. The molecule has 2 aromatic carbocycles. The molecule has 1 saturated heterocycles. The number of nitrogens with zero attached hydrogens (tertiary/aromatic N) is 1. The molecule has 140 valence electrons. The topological polar surface area (TPSA) is 46.4 Å². The molecule has 1 aliphatic heterocycles. The van der Waals surface area contributed by atoms with Crippen molar-refractivity contribution < 1.29 is 19.5 Å². The normalized spacial score (nSPS) is 16.3. The van der Waals surface area contributed by atoms with Gasteiger partial charge in [0.2, 0.25) is 0 Å². The summed E-state index contributed by atoms with van der Waals surface area (Å²) in [6.45, 7) is 7.13. The van der Waals surface area contributed by atoms with Crippen LogP contribution in [-0.2, 0) is 0 Å². The maximum absolute atomic E-state index is 10.3. The van der Waals surface area contributed by atoms with Crippen LogP contribution >= 0.6 is 0 Å². The number of aryl methyl sites for hydroxylation is 1. The Kier molecular flexibility index (Phi) is 6.36. The highest BCUT2D eigenvalue weighted by Crippen LogP contribution is 2.19. The van der Waals surface area contributed by atoms with E-state index in [0.717, 1.165) is 49.8 Å². The fraction of sp³-hybridized carbons (Fsp3) is 0.429. The van der Waals surface area contributed by atoms with Crippen LogP contribution in [0.2, 0.25) is 0 Å². The van der Waals surface area contributed by atoms with E-state index >= 15 is 0 Å². The van der Waals surface area contributed by atoms with Crippen molar-refractivity contribution in [3.05, 3.63) is 54.1 Å². The molecule has 0 saturated carbocycles. The Balaban J connectivity index is 1.41. The Morgan fingerprint density at radius 2 is 1.81 bits per heavy atom. The molecular formula is C21H29N2O3+. The third kappa shape index (κ3) is 5.13. The predicted molar refractivity (Wildman–Crippen MR) is 103 cm³/mol. The number of piperazine rings is 1. The zero-order valence-electron chi connectivity index (χ0n) is 15.6. The first-order valence-corrected chi connectivity index (χ1v) is 9.24. The summed E-state index contributed by atoms with van der Waals surface area (Å²) >= 11 is 0. The fourth-order valence-electron chi connectivity index (χ4n) is 3.37. The third-order valence-corrected chi connectivity index (χ3v) is 4.86. The highest BCUT2D eigenvalue weighted by atomic mass is 16.5. The summed E-state index contributed by atoms with van der Waals surface area (Å²) in [4.78, 5) is 3.81. The number of quaternary nitrogens is 1. The lowest BCUT2D eigenvalue weighted by molar-refractivity contribution is -0.903. The minimum absolute atomic E-state index is 0.342. The Morgan fingerprint density at radius 1 is 1.08 bits per heavy atom. The van der Waals surface area contributed by atoms with E-state index in [2.05, 4.69) is 17.0 Å². The Hall–Kier alpha value is -2.24. The van der Waals surface area contributed by atoms with Gasteiger partial charge in [-0.25, -0.2) is 0 Å². The summed E-state index contributed by atoms with van der Waals surface area (Å²) in [6.07, 6.45) is -0.446. The van der Waals surface area contributed by atoms with Crippen LogP contribution < -0.4 is 19.3 Å². The summed E-state index contributed by atoms with van der Waals surface area (Å²) in [6, 6.07) is 16.1. The van der Waals surface area contributed by atoms with Crippen molar-refractivity contribution in [2.24, 2.45) is 0 Å². The molecular weight excluding hydrogens is 328 g/mol. The lowest BCUT2D eigenvalue weighted by atomic mass is 10.2. The van der Waals surface area contributed by atoms with E-state index in [-0.39, 0.29) is 0 Å². The number of nitrogens with one attached hydrogen (secondary N) is 1. The first-order chi connectivity index (χ1) is 12.6. The van der Waals surface area contributed by atoms with Crippen molar-refractivity contribution >= 4 is 5.69 Å². The standard InChI is InChI=1S/C21H28N2O3/c1-17-4-3-5-21(14-17)26-16-19(24)15-22-10-12-23(13-11-22)18-6-8-20(25-2)9-7-18/h3-9,14,19,24H,10-13,15-16H2,1-2H3/p+1/t19-/m0/s1. The molecule has 0 aliphatic carbocycles. The lowest BCUT2D eigenvalue weighted by Gasteiger charge is -2.34. The Labute approximate surface area is 155 Å². The maximum Gasteiger partial charge on any atom is 0.137 e. The van der Waals surface area contributed by atoms with Gasteiger partial charge in [0.1, 0.15) is 30.8 Å². The molecule has 3 rings (SSSR count). The molecule has 1 aliphatic rings. The second-order valence-corrected chi connectivity index (χ2v) is 6.92. The van der Waals surface area contributed by atoms with Gasteiger partial charge < -0.3 is 24.4 Å². The highest BCUT2D eigenvalue weighted by molar-refractivity contribution is 5.49.